The molecule has 0 saturated carbocycles. The van der Waals surface area contributed by atoms with Gasteiger partial charge in [-0.05, 0) is 31.0 Å². The van der Waals surface area contributed by atoms with Gasteiger partial charge in [-0.2, -0.15) is 0 Å². The normalized spacial score (nSPS) is 12.1. The quantitative estimate of drug-likeness (QED) is 0.873. The Kier molecular flexibility index (Phi) is 4.16. The smallest absolute Gasteiger partial charge is 0.337 e. The van der Waals surface area contributed by atoms with Crippen LogP contribution in [0.4, 0.5) is 5.69 Å². The van der Waals surface area contributed by atoms with E-state index in [4.69, 9.17) is 0 Å². The van der Waals surface area contributed by atoms with E-state index in [-0.39, 0.29) is 6.04 Å². The summed E-state index contributed by atoms with van der Waals surface area (Å²) in [6.45, 7) is 4.00. The molecule has 0 aliphatic rings. The molecule has 0 fully saturated rings. The molecule has 0 radical (unpaired) electrons. The second-order valence-corrected chi connectivity index (χ2v) is 5.26. The van der Waals surface area contributed by atoms with Gasteiger partial charge in [-0.1, -0.05) is 13.0 Å². The van der Waals surface area contributed by atoms with Crippen LogP contribution in [0.25, 0.3) is 0 Å². The predicted octanol–water partition coefficient (Wildman–Crippen LogP) is 3.71. The fraction of sp³-hybridized carbons (Fsp3) is 0.286. The average Bonchev–Trinajstić information content (AvgIpc) is 2.89. The van der Waals surface area contributed by atoms with Gasteiger partial charge in [0, 0.05) is 17.3 Å². The molecule has 0 aliphatic heterocycles. The highest BCUT2D eigenvalue weighted by atomic mass is 32.1. The van der Waals surface area contributed by atoms with E-state index in [1.807, 2.05) is 18.4 Å². The van der Waals surface area contributed by atoms with Gasteiger partial charge in [-0.25, -0.2) is 9.78 Å². The van der Waals surface area contributed by atoms with Crippen molar-refractivity contribution in [3.8, 4) is 0 Å². The molecule has 1 unspecified atom stereocenters. The highest BCUT2D eigenvalue weighted by Gasteiger charge is 2.16. The molecule has 2 aromatic rings. The minimum absolute atomic E-state index is 0.0416. The number of benzene rings is 1. The lowest BCUT2D eigenvalue weighted by atomic mass is 10.1. The summed E-state index contributed by atoms with van der Waals surface area (Å²) >= 11 is 1.57. The molecule has 5 heteroatoms. The third-order valence-electron chi connectivity index (χ3n) is 2.89. The Balaban J connectivity index is 2.31. The van der Waals surface area contributed by atoms with Gasteiger partial charge in [0.25, 0.3) is 0 Å². The fourth-order valence-electron chi connectivity index (χ4n) is 1.90. The second-order valence-electron chi connectivity index (χ2n) is 4.33. The third kappa shape index (κ3) is 3.12. The zero-order valence-electron chi connectivity index (χ0n) is 10.9. The molecule has 100 valence electrons. The number of thiazole rings is 1. The number of carboxylic acids is 1. The Morgan fingerprint density at radius 2 is 2.32 bits per heavy atom. The van der Waals surface area contributed by atoms with Crippen molar-refractivity contribution in [3.05, 3.63) is 45.9 Å². The molecule has 1 atom stereocenters. The highest BCUT2D eigenvalue weighted by molar-refractivity contribution is 7.09. The van der Waals surface area contributed by atoms with Crippen molar-refractivity contribution in [3.63, 3.8) is 0 Å². The summed E-state index contributed by atoms with van der Waals surface area (Å²) in [6, 6.07) is 5.34. The first-order chi connectivity index (χ1) is 9.11. The maximum Gasteiger partial charge on any atom is 0.337 e. The molecule has 19 heavy (non-hydrogen) atoms. The Labute approximate surface area is 116 Å². The first-order valence-electron chi connectivity index (χ1n) is 6.11. The van der Waals surface area contributed by atoms with Crippen molar-refractivity contribution >= 4 is 23.0 Å². The molecule has 2 rings (SSSR count). The van der Waals surface area contributed by atoms with Crippen LogP contribution in [0, 0.1) is 6.92 Å². The summed E-state index contributed by atoms with van der Waals surface area (Å²) in [5.41, 5.74) is 1.97. The highest BCUT2D eigenvalue weighted by Crippen LogP contribution is 2.27. The van der Waals surface area contributed by atoms with Gasteiger partial charge in [-0.3, -0.25) is 0 Å². The molecule has 0 saturated heterocycles. The minimum atomic E-state index is -0.920. The lowest BCUT2D eigenvalue weighted by molar-refractivity contribution is 0.0698. The topological polar surface area (TPSA) is 62.2 Å². The number of hydrogen-bond donors (Lipinski definition) is 2. The van der Waals surface area contributed by atoms with Crippen molar-refractivity contribution in [2.24, 2.45) is 0 Å². The number of aryl methyl sites for hydroxylation is 1. The zero-order valence-corrected chi connectivity index (χ0v) is 11.7. The molecule has 1 heterocycles. The molecule has 0 spiro atoms. The second kappa shape index (κ2) is 5.84. The van der Waals surface area contributed by atoms with Crippen LogP contribution in [0.1, 0.15) is 40.3 Å². The van der Waals surface area contributed by atoms with Gasteiger partial charge >= 0.3 is 5.97 Å². The van der Waals surface area contributed by atoms with Crippen LogP contribution < -0.4 is 5.32 Å². The number of nitrogens with one attached hydrogen (secondary N) is 1. The Morgan fingerprint density at radius 3 is 2.89 bits per heavy atom. The molecular formula is C14H16N2O2S. The van der Waals surface area contributed by atoms with Crippen LogP contribution in [0.15, 0.2) is 29.8 Å². The fourth-order valence-corrected chi connectivity index (χ4v) is 2.67. The van der Waals surface area contributed by atoms with Gasteiger partial charge in [0.1, 0.15) is 5.01 Å². The van der Waals surface area contributed by atoms with Crippen molar-refractivity contribution < 1.29 is 9.90 Å². The van der Waals surface area contributed by atoms with E-state index in [9.17, 15) is 9.90 Å². The monoisotopic (exact) mass is 276 g/mol. The number of anilines is 1. The molecular weight excluding hydrogens is 260 g/mol. The SMILES string of the molecule is CCC(Nc1cc(C)ccc1C(=O)O)c1nccs1. The molecule has 0 bridgehead atoms. The van der Waals surface area contributed by atoms with Crippen LogP contribution in [0.2, 0.25) is 0 Å². The van der Waals surface area contributed by atoms with Gasteiger partial charge in [0.15, 0.2) is 0 Å². The molecule has 0 amide bonds. The van der Waals surface area contributed by atoms with E-state index in [1.165, 1.54) is 0 Å². The first-order valence-corrected chi connectivity index (χ1v) is 6.99. The van der Waals surface area contributed by atoms with Crippen molar-refractivity contribution in [1.82, 2.24) is 4.98 Å². The van der Waals surface area contributed by atoms with Gasteiger partial charge in [-0.15, -0.1) is 11.3 Å². The van der Waals surface area contributed by atoms with E-state index >= 15 is 0 Å². The van der Waals surface area contributed by atoms with E-state index < -0.39 is 5.97 Å². The molecule has 2 N–H and O–H groups in total. The van der Waals surface area contributed by atoms with Crippen LogP contribution in [0.5, 0.6) is 0 Å². The number of aromatic carboxylic acids is 1. The van der Waals surface area contributed by atoms with E-state index in [2.05, 4.69) is 17.2 Å². The molecule has 0 aliphatic carbocycles. The maximum atomic E-state index is 11.2. The number of aromatic nitrogens is 1. The van der Waals surface area contributed by atoms with Crippen LogP contribution in [0.3, 0.4) is 0 Å². The van der Waals surface area contributed by atoms with Crippen LogP contribution in [-0.4, -0.2) is 16.1 Å². The first kappa shape index (κ1) is 13.5. The number of carbonyl (C=O) groups is 1. The van der Waals surface area contributed by atoms with Crippen molar-refractivity contribution in [2.75, 3.05) is 5.32 Å². The summed E-state index contributed by atoms with van der Waals surface area (Å²) < 4.78 is 0. The van der Waals surface area contributed by atoms with E-state index in [0.717, 1.165) is 17.0 Å². The van der Waals surface area contributed by atoms with E-state index in [1.54, 1.807) is 29.7 Å². The standard InChI is InChI=1S/C14H16N2O2S/c1-3-11(13-15-6-7-19-13)16-12-8-9(2)4-5-10(12)14(17)18/h4-8,11,16H,3H2,1-2H3,(H,17,18). The Morgan fingerprint density at radius 1 is 1.53 bits per heavy atom. The van der Waals surface area contributed by atoms with Crippen LogP contribution >= 0.6 is 11.3 Å². The lowest BCUT2D eigenvalue weighted by Gasteiger charge is -2.18. The Hall–Kier alpha value is -1.88. The van der Waals surface area contributed by atoms with Gasteiger partial charge < -0.3 is 10.4 Å². The number of carboxylic acid groups (broad SMARTS) is 1. The van der Waals surface area contributed by atoms with Gasteiger partial charge in [0.2, 0.25) is 0 Å². The maximum absolute atomic E-state index is 11.2. The number of rotatable bonds is 5. The number of nitrogens with zero attached hydrogens (tertiary/aromatic N) is 1. The summed E-state index contributed by atoms with van der Waals surface area (Å²) in [5, 5.41) is 15.4. The summed E-state index contributed by atoms with van der Waals surface area (Å²) in [7, 11) is 0. The largest absolute Gasteiger partial charge is 0.478 e. The predicted molar refractivity (Wildman–Crippen MR) is 76.9 cm³/mol. The summed E-state index contributed by atoms with van der Waals surface area (Å²) in [6.07, 6.45) is 2.61. The molecule has 4 nitrogen and oxygen atoms in total. The van der Waals surface area contributed by atoms with Crippen LogP contribution in [-0.2, 0) is 0 Å². The lowest BCUT2D eigenvalue weighted by Crippen LogP contribution is -2.12. The Bertz CT molecular complexity index is 567. The summed E-state index contributed by atoms with van der Waals surface area (Å²) in [4.78, 5) is 15.5. The zero-order chi connectivity index (χ0) is 13.8. The van der Waals surface area contributed by atoms with Crippen molar-refractivity contribution in [1.29, 1.82) is 0 Å². The molecule has 1 aromatic carbocycles. The molecule has 1 aromatic heterocycles. The number of hydrogen-bond acceptors (Lipinski definition) is 4. The van der Waals surface area contributed by atoms with Crippen molar-refractivity contribution in [2.45, 2.75) is 26.3 Å². The van der Waals surface area contributed by atoms with E-state index in [0.29, 0.717) is 11.3 Å². The average molecular weight is 276 g/mol. The minimum Gasteiger partial charge on any atom is -0.478 e. The third-order valence-corrected chi connectivity index (χ3v) is 3.78. The summed E-state index contributed by atoms with van der Waals surface area (Å²) in [5.74, 6) is -0.920. The van der Waals surface area contributed by atoms with Gasteiger partial charge in [0.05, 0.1) is 11.6 Å².